The Morgan fingerprint density at radius 1 is 0.977 bits per heavy atom. The molecule has 1 fully saturated rings. The number of aromatic nitrogens is 1. The second-order valence-corrected chi connectivity index (χ2v) is 12.8. The molecule has 2 heterocycles. The number of hydrogen-bond acceptors (Lipinski definition) is 7. The number of carbonyl (C=O) groups is 2. The number of cyclic esters (lactones) is 1. The van der Waals surface area contributed by atoms with E-state index in [1.807, 2.05) is 37.3 Å². The Morgan fingerprint density at radius 2 is 1.72 bits per heavy atom. The van der Waals surface area contributed by atoms with Gasteiger partial charge in [-0.25, -0.2) is 13.2 Å². The Bertz CT molecular complexity index is 1830. The molecule has 9 heteroatoms. The highest BCUT2D eigenvalue weighted by Crippen LogP contribution is 2.49. The lowest BCUT2D eigenvalue weighted by Gasteiger charge is -2.31. The lowest BCUT2D eigenvalue weighted by molar-refractivity contribution is -0.158. The van der Waals surface area contributed by atoms with Gasteiger partial charge in [-0.3, -0.25) is 14.5 Å². The van der Waals surface area contributed by atoms with Crippen LogP contribution in [0.3, 0.4) is 0 Å². The van der Waals surface area contributed by atoms with Gasteiger partial charge in [0.1, 0.15) is 4.90 Å². The van der Waals surface area contributed by atoms with Crippen LogP contribution in [0.1, 0.15) is 43.2 Å². The van der Waals surface area contributed by atoms with E-state index < -0.39 is 39.6 Å². The van der Waals surface area contributed by atoms with E-state index in [0.29, 0.717) is 35.0 Å². The zero-order valence-corrected chi connectivity index (χ0v) is 24.5. The summed E-state index contributed by atoms with van der Waals surface area (Å²) >= 11 is 0. The molecule has 1 aliphatic carbocycles. The second kappa shape index (κ2) is 11.6. The van der Waals surface area contributed by atoms with Crippen LogP contribution in [0.2, 0.25) is 0 Å². The number of Topliss-reactive ketones (excluding diaryl/α,β-unsaturated/α-hetero) is 1. The molecule has 2 N–H and O–H groups in total. The van der Waals surface area contributed by atoms with E-state index in [9.17, 15) is 23.1 Å². The fraction of sp³-hybridized carbons (Fsp3) is 0.265. The largest absolute Gasteiger partial charge is 0.504 e. The molecule has 3 unspecified atom stereocenters. The molecule has 1 aromatic heterocycles. The minimum Gasteiger partial charge on any atom is -0.504 e. The lowest BCUT2D eigenvalue weighted by Crippen LogP contribution is -2.42. The highest BCUT2D eigenvalue weighted by atomic mass is 32.2. The molecule has 3 atom stereocenters. The van der Waals surface area contributed by atoms with E-state index in [0.717, 1.165) is 18.4 Å². The van der Waals surface area contributed by atoms with E-state index in [-0.39, 0.29) is 22.3 Å². The summed E-state index contributed by atoms with van der Waals surface area (Å²) in [6.45, 7) is 1.93. The van der Waals surface area contributed by atoms with Gasteiger partial charge < -0.3 is 9.84 Å². The van der Waals surface area contributed by atoms with Crippen molar-refractivity contribution in [1.29, 1.82) is 0 Å². The Labute approximate surface area is 250 Å². The van der Waals surface area contributed by atoms with Crippen LogP contribution in [-0.4, -0.2) is 36.4 Å². The fourth-order valence-corrected chi connectivity index (χ4v) is 7.20. The van der Waals surface area contributed by atoms with Crippen molar-refractivity contribution in [2.45, 2.75) is 49.5 Å². The second-order valence-electron chi connectivity index (χ2n) is 11.2. The van der Waals surface area contributed by atoms with Gasteiger partial charge >= 0.3 is 5.97 Å². The molecule has 0 spiro atoms. The number of esters is 1. The Kier molecular flexibility index (Phi) is 7.75. The predicted molar refractivity (Wildman–Crippen MR) is 163 cm³/mol. The van der Waals surface area contributed by atoms with Crippen LogP contribution in [0.15, 0.2) is 107 Å². The third-order valence-corrected chi connectivity index (χ3v) is 9.69. The highest BCUT2D eigenvalue weighted by molar-refractivity contribution is 7.93. The molecule has 1 aliphatic heterocycles. The number of ketones is 1. The van der Waals surface area contributed by atoms with Crippen LogP contribution in [-0.2, 0) is 30.8 Å². The van der Waals surface area contributed by atoms with Crippen molar-refractivity contribution in [3.05, 3.63) is 114 Å². The zero-order chi connectivity index (χ0) is 30.1. The summed E-state index contributed by atoms with van der Waals surface area (Å²) in [6.07, 6.45) is 3.19. The molecule has 8 nitrogen and oxygen atoms in total. The van der Waals surface area contributed by atoms with Crippen molar-refractivity contribution in [2.24, 2.45) is 11.8 Å². The number of carbonyl (C=O) groups excluding carboxylic acids is 2. The molecular weight excluding hydrogens is 564 g/mol. The van der Waals surface area contributed by atoms with E-state index in [2.05, 4.69) is 9.71 Å². The van der Waals surface area contributed by atoms with Crippen LogP contribution >= 0.6 is 0 Å². The molecule has 0 radical (unpaired) electrons. The van der Waals surface area contributed by atoms with Crippen LogP contribution in [0.5, 0.6) is 0 Å². The number of nitrogens with one attached hydrogen (secondary N) is 1. The van der Waals surface area contributed by atoms with E-state index in [1.54, 1.807) is 54.7 Å². The van der Waals surface area contributed by atoms with Gasteiger partial charge in [0.2, 0.25) is 5.78 Å². The third-order valence-electron chi connectivity index (χ3n) is 8.28. The molecule has 43 heavy (non-hydrogen) atoms. The van der Waals surface area contributed by atoms with E-state index >= 15 is 0 Å². The molecule has 1 saturated carbocycles. The van der Waals surface area contributed by atoms with E-state index in [1.165, 1.54) is 6.07 Å². The van der Waals surface area contributed by atoms with E-state index in [4.69, 9.17) is 4.74 Å². The predicted octanol–water partition coefficient (Wildman–Crippen LogP) is 6.10. The van der Waals surface area contributed by atoms with Crippen molar-refractivity contribution in [3.63, 3.8) is 0 Å². The summed E-state index contributed by atoms with van der Waals surface area (Å²) in [7, 11) is -4.01. The number of fused-ring (bicyclic) bond motifs is 1. The summed E-state index contributed by atoms with van der Waals surface area (Å²) in [5.41, 5.74) is 2.21. The molecule has 2 aliphatic rings. The minimum atomic E-state index is -4.01. The quantitative estimate of drug-likeness (QED) is 0.212. The minimum absolute atomic E-state index is 0.00876. The average Bonchev–Trinajstić information content (AvgIpc) is 3.85. The highest BCUT2D eigenvalue weighted by Gasteiger charge is 2.47. The van der Waals surface area contributed by atoms with Gasteiger partial charge in [0, 0.05) is 29.1 Å². The lowest BCUT2D eigenvalue weighted by atomic mass is 9.81. The first kappa shape index (κ1) is 28.6. The first-order chi connectivity index (χ1) is 20.8. The van der Waals surface area contributed by atoms with Gasteiger partial charge in [-0.05, 0) is 67.0 Å². The number of aliphatic hydroxyl groups excluding tert-OH is 1. The van der Waals surface area contributed by atoms with Crippen molar-refractivity contribution in [1.82, 2.24) is 4.98 Å². The van der Waals surface area contributed by atoms with Crippen molar-refractivity contribution >= 4 is 38.4 Å². The van der Waals surface area contributed by atoms with Crippen LogP contribution in [0.4, 0.5) is 5.69 Å². The number of pyridine rings is 1. The van der Waals surface area contributed by atoms with Crippen molar-refractivity contribution < 1.29 is 27.9 Å². The van der Waals surface area contributed by atoms with Gasteiger partial charge in [0.25, 0.3) is 10.0 Å². The van der Waals surface area contributed by atoms with Crippen LogP contribution < -0.4 is 4.72 Å². The van der Waals surface area contributed by atoms with Crippen molar-refractivity contribution in [2.75, 3.05) is 4.72 Å². The number of sulfonamides is 1. The Balaban J connectivity index is 1.30. The summed E-state index contributed by atoms with van der Waals surface area (Å²) in [6, 6.07) is 24.9. The van der Waals surface area contributed by atoms with Crippen LogP contribution in [0.25, 0.3) is 10.9 Å². The first-order valence-electron chi connectivity index (χ1n) is 14.5. The first-order valence-corrected chi connectivity index (χ1v) is 15.9. The maximum absolute atomic E-state index is 13.5. The molecule has 6 rings (SSSR count). The Hall–Kier alpha value is -4.50. The fourth-order valence-electron chi connectivity index (χ4n) is 5.97. The standard InChI is InChI=1S/C34H32N2O6S/c1-2-22(19-21-9-4-3-5-10-21)33-32(38)31(37)29(34(39)42-33)28(23-16-17-23)25-12-6-14-26(20-25)36-43(40,41)27-15-7-11-24-13-8-18-35-30(24)27/h3-15,18,20,22-23,28,33,36-37H,2,16-17,19H2,1H3. The van der Waals surface area contributed by atoms with Gasteiger partial charge in [0.05, 0.1) is 11.1 Å². The summed E-state index contributed by atoms with van der Waals surface area (Å²) in [4.78, 5) is 31.3. The summed E-state index contributed by atoms with van der Waals surface area (Å²) in [5.74, 6) is -2.76. The summed E-state index contributed by atoms with van der Waals surface area (Å²) < 4.78 is 35.3. The number of benzene rings is 3. The maximum atomic E-state index is 13.5. The molecule has 0 amide bonds. The SMILES string of the molecule is CCC(Cc1ccccc1)C1OC(=O)C(C(c2cccc(NS(=O)(=O)c3cccc4cccnc34)c2)C2CC2)=C(O)C1=O. The van der Waals surface area contributed by atoms with Crippen LogP contribution in [0, 0.1) is 11.8 Å². The number of aliphatic hydroxyl groups is 1. The van der Waals surface area contributed by atoms with Gasteiger partial charge in [-0.2, -0.15) is 0 Å². The number of ether oxygens (including phenoxy) is 1. The monoisotopic (exact) mass is 596 g/mol. The normalized spacial score (nSPS) is 18.8. The molecule has 4 aromatic rings. The average molecular weight is 597 g/mol. The van der Waals surface area contributed by atoms with Gasteiger partial charge in [-0.1, -0.05) is 67.6 Å². The Morgan fingerprint density at radius 3 is 2.47 bits per heavy atom. The number of nitrogens with zero attached hydrogens (tertiary/aromatic N) is 1. The number of para-hydroxylation sites is 1. The molecule has 0 bridgehead atoms. The molecule has 0 saturated heterocycles. The molecule has 220 valence electrons. The van der Waals surface area contributed by atoms with Crippen molar-refractivity contribution in [3.8, 4) is 0 Å². The topological polar surface area (TPSA) is 123 Å². The van der Waals surface area contributed by atoms with Gasteiger partial charge in [0.15, 0.2) is 11.9 Å². The van der Waals surface area contributed by atoms with Gasteiger partial charge in [-0.15, -0.1) is 0 Å². The summed E-state index contributed by atoms with van der Waals surface area (Å²) in [5, 5.41) is 11.9. The smallest absolute Gasteiger partial charge is 0.339 e. The number of rotatable bonds is 10. The number of anilines is 1. The maximum Gasteiger partial charge on any atom is 0.339 e. The molecular formula is C34H32N2O6S. The molecule has 3 aromatic carbocycles. The third kappa shape index (κ3) is 5.77. The number of hydrogen-bond donors (Lipinski definition) is 2. The zero-order valence-electron chi connectivity index (χ0n) is 23.6.